The third-order valence-corrected chi connectivity index (χ3v) is 5.84. The third kappa shape index (κ3) is 8.00. The van der Waals surface area contributed by atoms with Crippen LogP contribution in [0.15, 0.2) is 53.5 Å². The standard InChI is InChI=1S/C28H36FN3O6/c1-19-28(14-13-24(34)38-27(2,3)4,26(35)32-30-18-20-7-5-8-22(29)17-20)31-25(37-19)21-9-11-23(12-10-21)36-16-6-15-33/h5,7-12,17,19,30,33H,6,13-16,18H2,1-4H3,(H,32,35)/t19-,28-/m0/s1. The van der Waals surface area contributed by atoms with E-state index in [9.17, 15) is 14.0 Å². The topological polar surface area (TPSA) is 118 Å². The van der Waals surface area contributed by atoms with E-state index >= 15 is 0 Å². The molecule has 2 atom stereocenters. The van der Waals surface area contributed by atoms with Crippen LogP contribution in [0.5, 0.6) is 5.75 Å². The first-order valence-corrected chi connectivity index (χ1v) is 12.6. The van der Waals surface area contributed by atoms with Crippen LogP contribution in [0.3, 0.4) is 0 Å². The largest absolute Gasteiger partial charge is 0.494 e. The summed E-state index contributed by atoms with van der Waals surface area (Å²) in [5.74, 6) is -0.406. The van der Waals surface area contributed by atoms with E-state index in [0.717, 1.165) is 0 Å². The average Bonchev–Trinajstić information content (AvgIpc) is 3.19. The molecule has 0 saturated carbocycles. The number of aliphatic hydroxyl groups excluding tert-OH is 1. The molecule has 1 aliphatic rings. The molecule has 0 aliphatic carbocycles. The van der Waals surface area contributed by atoms with E-state index in [4.69, 9.17) is 19.3 Å². The number of hydrogen-bond donors (Lipinski definition) is 3. The van der Waals surface area contributed by atoms with Crippen molar-refractivity contribution in [2.24, 2.45) is 4.99 Å². The molecule has 0 saturated heterocycles. The first-order chi connectivity index (χ1) is 18.0. The van der Waals surface area contributed by atoms with Gasteiger partial charge in [0, 0.05) is 31.6 Å². The molecule has 0 aromatic heterocycles. The van der Waals surface area contributed by atoms with Gasteiger partial charge in [-0.25, -0.2) is 14.8 Å². The fraction of sp³-hybridized carbons (Fsp3) is 0.464. The van der Waals surface area contributed by atoms with E-state index in [1.54, 1.807) is 64.1 Å². The predicted octanol–water partition coefficient (Wildman–Crippen LogP) is 3.43. The Hall–Kier alpha value is -3.50. The molecule has 0 radical (unpaired) electrons. The van der Waals surface area contributed by atoms with Gasteiger partial charge in [0.2, 0.25) is 5.90 Å². The van der Waals surface area contributed by atoms with Gasteiger partial charge in [0.15, 0.2) is 5.54 Å². The maximum Gasteiger partial charge on any atom is 0.306 e. The first-order valence-electron chi connectivity index (χ1n) is 12.6. The highest BCUT2D eigenvalue weighted by Gasteiger charge is 2.50. The Morgan fingerprint density at radius 2 is 1.92 bits per heavy atom. The quantitative estimate of drug-likeness (QED) is 0.219. The van der Waals surface area contributed by atoms with Crippen molar-refractivity contribution >= 4 is 17.8 Å². The Kier molecular flexibility index (Phi) is 9.82. The van der Waals surface area contributed by atoms with Crippen LogP contribution in [-0.2, 0) is 25.6 Å². The second kappa shape index (κ2) is 12.8. The predicted molar refractivity (Wildman–Crippen MR) is 140 cm³/mol. The van der Waals surface area contributed by atoms with Crippen LogP contribution in [0.1, 0.15) is 58.1 Å². The molecule has 3 rings (SSSR count). The van der Waals surface area contributed by atoms with Gasteiger partial charge in [-0.1, -0.05) is 12.1 Å². The number of aliphatic imine (C=N–C) groups is 1. The number of amides is 1. The number of hydrazine groups is 1. The summed E-state index contributed by atoms with van der Waals surface area (Å²) in [6, 6.07) is 13.1. The summed E-state index contributed by atoms with van der Waals surface area (Å²) in [5.41, 5.74) is 4.70. The summed E-state index contributed by atoms with van der Waals surface area (Å²) < 4.78 is 30.5. The second-order valence-corrected chi connectivity index (χ2v) is 10.1. The maximum atomic E-state index is 13.5. The molecule has 0 spiro atoms. The summed E-state index contributed by atoms with van der Waals surface area (Å²) in [7, 11) is 0. The SMILES string of the molecule is C[C@@H]1OC(c2ccc(OCCCO)cc2)=N[C@]1(CCC(=O)OC(C)(C)C)C(=O)NNCc1cccc(F)c1. The zero-order valence-electron chi connectivity index (χ0n) is 22.3. The van der Waals surface area contributed by atoms with Crippen molar-refractivity contribution < 1.29 is 33.3 Å². The summed E-state index contributed by atoms with van der Waals surface area (Å²) >= 11 is 0. The Bertz CT molecular complexity index is 1130. The number of rotatable bonds is 12. The number of ether oxygens (including phenoxy) is 3. The minimum Gasteiger partial charge on any atom is -0.494 e. The highest BCUT2D eigenvalue weighted by atomic mass is 19.1. The summed E-state index contributed by atoms with van der Waals surface area (Å²) in [6.45, 7) is 7.68. The molecule has 1 aliphatic heterocycles. The van der Waals surface area contributed by atoms with E-state index in [-0.39, 0.29) is 37.7 Å². The van der Waals surface area contributed by atoms with Crippen LogP contribution >= 0.6 is 0 Å². The van der Waals surface area contributed by atoms with Gasteiger partial charge < -0.3 is 19.3 Å². The minimum absolute atomic E-state index is 0.0449. The van der Waals surface area contributed by atoms with Crippen molar-refractivity contribution in [3.05, 3.63) is 65.5 Å². The van der Waals surface area contributed by atoms with Crippen molar-refractivity contribution in [3.8, 4) is 5.75 Å². The molecule has 2 aromatic rings. The zero-order chi connectivity index (χ0) is 27.8. The number of nitrogens with zero attached hydrogens (tertiary/aromatic N) is 1. The Labute approximate surface area is 222 Å². The van der Waals surface area contributed by atoms with Gasteiger partial charge in [-0.05, 0) is 76.1 Å². The molecule has 206 valence electrons. The molecule has 3 N–H and O–H groups in total. The highest BCUT2D eigenvalue weighted by Crippen LogP contribution is 2.34. The van der Waals surface area contributed by atoms with Crippen molar-refractivity contribution in [3.63, 3.8) is 0 Å². The number of esters is 1. The van der Waals surface area contributed by atoms with Gasteiger partial charge in [0.05, 0.1) is 6.61 Å². The fourth-order valence-electron chi connectivity index (χ4n) is 3.92. The van der Waals surface area contributed by atoms with Crippen LogP contribution in [0.4, 0.5) is 4.39 Å². The number of halogens is 1. The normalized spacial score (nSPS) is 18.9. The van der Waals surface area contributed by atoms with Gasteiger partial charge in [-0.15, -0.1) is 0 Å². The summed E-state index contributed by atoms with van der Waals surface area (Å²) in [5, 5.41) is 8.91. The lowest BCUT2D eigenvalue weighted by Gasteiger charge is -2.28. The van der Waals surface area contributed by atoms with E-state index in [2.05, 4.69) is 15.8 Å². The van der Waals surface area contributed by atoms with Gasteiger partial charge in [-0.2, -0.15) is 0 Å². The van der Waals surface area contributed by atoms with Gasteiger partial charge in [0.25, 0.3) is 5.91 Å². The molecule has 10 heteroatoms. The molecule has 2 aromatic carbocycles. The second-order valence-electron chi connectivity index (χ2n) is 10.1. The van der Waals surface area contributed by atoms with Crippen LogP contribution in [-0.4, -0.2) is 53.3 Å². The number of hydrogen-bond acceptors (Lipinski definition) is 8. The van der Waals surface area contributed by atoms with Crippen LogP contribution < -0.4 is 15.6 Å². The molecule has 0 fully saturated rings. The number of aliphatic hydroxyl groups is 1. The monoisotopic (exact) mass is 529 g/mol. The van der Waals surface area contributed by atoms with E-state index in [1.807, 2.05) is 0 Å². The molecule has 1 heterocycles. The van der Waals surface area contributed by atoms with E-state index in [1.165, 1.54) is 12.1 Å². The van der Waals surface area contributed by atoms with Crippen LogP contribution in [0, 0.1) is 5.82 Å². The average molecular weight is 530 g/mol. The molecule has 9 nitrogen and oxygen atoms in total. The number of carbonyl (C=O) groups excluding carboxylic acids is 2. The zero-order valence-corrected chi connectivity index (χ0v) is 22.3. The summed E-state index contributed by atoms with van der Waals surface area (Å²) in [6.07, 6.45) is -0.145. The number of carbonyl (C=O) groups is 2. The van der Waals surface area contributed by atoms with Gasteiger partial charge in [0.1, 0.15) is 23.3 Å². The lowest BCUT2D eigenvalue weighted by molar-refractivity contribution is -0.155. The molecular weight excluding hydrogens is 493 g/mol. The fourth-order valence-corrected chi connectivity index (χ4v) is 3.92. The van der Waals surface area contributed by atoms with Crippen molar-refractivity contribution in [2.75, 3.05) is 13.2 Å². The van der Waals surface area contributed by atoms with Crippen LogP contribution in [0.25, 0.3) is 0 Å². The van der Waals surface area contributed by atoms with Gasteiger partial charge >= 0.3 is 5.97 Å². The van der Waals surface area contributed by atoms with E-state index < -0.39 is 29.1 Å². The van der Waals surface area contributed by atoms with E-state index in [0.29, 0.717) is 29.9 Å². The number of nitrogens with one attached hydrogen (secondary N) is 2. The molecule has 38 heavy (non-hydrogen) atoms. The lowest BCUT2D eigenvalue weighted by Crippen LogP contribution is -2.54. The molecular formula is C28H36FN3O6. The highest BCUT2D eigenvalue weighted by molar-refractivity contribution is 6.00. The molecule has 1 amide bonds. The third-order valence-electron chi connectivity index (χ3n) is 5.84. The first kappa shape index (κ1) is 29.1. The summed E-state index contributed by atoms with van der Waals surface area (Å²) in [4.78, 5) is 30.7. The van der Waals surface area contributed by atoms with Crippen LogP contribution in [0.2, 0.25) is 0 Å². The van der Waals surface area contributed by atoms with Crippen molar-refractivity contribution in [2.45, 2.75) is 70.7 Å². The molecule has 0 bridgehead atoms. The van der Waals surface area contributed by atoms with Crippen molar-refractivity contribution in [1.82, 2.24) is 10.9 Å². The molecule has 0 unspecified atom stereocenters. The Balaban J connectivity index is 1.78. The minimum atomic E-state index is -1.41. The smallest absolute Gasteiger partial charge is 0.306 e. The number of benzene rings is 2. The lowest BCUT2D eigenvalue weighted by atomic mass is 9.88. The maximum absolute atomic E-state index is 13.5. The van der Waals surface area contributed by atoms with Crippen molar-refractivity contribution in [1.29, 1.82) is 0 Å². The Morgan fingerprint density at radius 3 is 2.58 bits per heavy atom. The Morgan fingerprint density at radius 1 is 1.18 bits per heavy atom. The van der Waals surface area contributed by atoms with Gasteiger partial charge in [-0.3, -0.25) is 15.0 Å².